The smallest absolute Gasteiger partial charge is 0.0648 e. The number of para-hydroxylation sites is 1. The van der Waals surface area contributed by atoms with Crippen LogP contribution in [0.3, 0.4) is 0 Å². The van der Waals surface area contributed by atoms with Crippen molar-refractivity contribution in [1.82, 2.24) is 9.78 Å². The second-order valence-corrected chi connectivity index (χ2v) is 3.87. The predicted molar refractivity (Wildman–Crippen MR) is 65.7 cm³/mol. The number of nitrogens with zero attached hydrogens (tertiary/aromatic N) is 2. The number of aryl methyl sites for hydroxylation is 1. The van der Waals surface area contributed by atoms with Gasteiger partial charge in [-0.15, -0.1) is 0 Å². The number of aromatic nitrogens is 2. The first-order chi connectivity index (χ1) is 7.24. The average molecular weight is 218 g/mol. The number of thiol groups is 1. The van der Waals surface area contributed by atoms with E-state index in [-0.39, 0.29) is 0 Å². The molecule has 0 saturated carbocycles. The molecule has 0 unspecified atom stereocenters. The summed E-state index contributed by atoms with van der Waals surface area (Å²) in [4.78, 5) is 0. The van der Waals surface area contributed by atoms with Crippen molar-refractivity contribution in [1.29, 1.82) is 0 Å². The molecule has 0 aliphatic carbocycles. The molecular weight excluding hydrogens is 204 g/mol. The summed E-state index contributed by atoms with van der Waals surface area (Å²) >= 11 is 4.32. The van der Waals surface area contributed by atoms with Gasteiger partial charge in [0.25, 0.3) is 0 Å². The van der Waals surface area contributed by atoms with E-state index in [9.17, 15) is 0 Å². The van der Waals surface area contributed by atoms with Crippen molar-refractivity contribution in [3.8, 4) is 5.69 Å². The van der Waals surface area contributed by atoms with E-state index in [2.05, 4.69) is 36.8 Å². The normalized spacial score (nSPS) is 10.6. The second kappa shape index (κ2) is 4.11. The fourth-order valence-electron chi connectivity index (χ4n) is 1.72. The van der Waals surface area contributed by atoms with Crippen LogP contribution in [0, 0.1) is 13.8 Å². The summed E-state index contributed by atoms with van der Waals surface area (Å²) in [7, 11) is 0. The highest BCUT2D eigenvalue weighted by Gasteiger charge is 2.10. The first-order valence-corrected chi connectivity index (χ1v) is 5.58. The maximum atomic E-state index is 4.52. The quantitative estimate of drug-likeness (QED) is 0.767. The van der Waals surface area contributed by atoms with Crippen molar-refractivity contribution < 1.29 is 0 Å². The van der Waals surface area contributed by atoms with Crippen LogP contribution in [-0.4, -0.2) is 9.78 Å². The van der Waals surface area contributed by atoms with Gasteiger partial charge in [0.15, 0.2) is 0 Å². The third-order valence-corrected chi connectivity index (χ3v) is 2.92. The Morgan fingerprint density at radius 1 is 1.20 bits per heavy atom. The molecule has 1 aromatic carbocycles. The summed E-state index contributed by atoms with van der Waals surface area (Å²) in [6, 6.07) is 10.2. The Hall–Kier alpha value is -1.22. The van der Waals surface area contributed by atoms with Crippen molar-refractivity contribution in [3.63, 3.8) is 0 Å². The lowest BCUT2D eigenvalue weighted by Crippen LogP contribution is -1.98. The molecule has 0 N–H and O–H groups in total. The summed E-state index contributed by atoms with van der Waals surface area (Å²) < 4.78 is 1.97. The van der Waals surface area contributed by atoms with Crippen LogP contribution in [0.2, 0.25) is 0 Å². The Labute approximate surface area is 95.3 Å². The highest BCUT2D eigenvalue weighted by molar-refractivity contribution is 7.79. The molecule has 0 saturated heterocycles. The van der Waals surface area contributed by atoms with Crippen molar-refractivity contribution in [2.45, 2.75) is 19.6 Å². The molecule has 2 aromatic rings. The van der Waals surface area contributed by atoms with Crippen LogP contribution in [0.5, 0.6) is 0 Å². The molecule has 78 valence electrons. The summed E-state index contributed by atoms with van der Waals surface area (Å²) in [5.41, 5.74) is 4.56. The van der Waals surface area contributed by atoms with E-state index in [4.69, 9.17) is 0 Å². The Bertz CT molecular complexity index is 460. The van der Waals surface area contributed by atoms with Gasteiger partial charge in [-0.3, -0.25) is 0 Å². The van der Waals surface area contributed by atoms with Gasteiger partial charge in [-0.25, -0.2) is 4.68 Å². The highest BCUT2D eigenvalue weighted by Crippen LogP contribution is 2.18. The molecule has 1 aromatic heterocycles. The number of hydrogen-bond acceptors (Lipinski definition) is 2. The van der Waals surface area contributed by atoms with Crippen LogP contribution in [0.4, 0.5) is 0 Å². The lowest BCUT2D eigenvalue weighted by molar-refractivity contribution is 0.833. The fraction of sp³-hybridized carbons (Fsp3) is 0.250. The zero-order valence-corrected chi connectivity index (χ0v) is 9.83. The van der Waals surface area contributed by atoms with Gasteiger partial charge in [0, 0.05) is 17.0 Å². The van der Waals surface area contributed by atoms with Crippen molar-refractivity contribution >= 4 is 12.6 Å². The number of benzene rings is 1. The van der Waals surface area contributed by atoms with E-state index in [1.165, 1.54) is 11.3 Å². The minimum absolute atomic E-state index is 0.741. The van der Waals surface area contributed by atoms with E-state index in [0.29, 0.717) is 0 Å². The predicted octanol–water partition coefficient (Wildman–Crippen LogP) is 2.92. The van der Waals surface area contributed by atoms with Gasteiger partial charge in [0.2, 0.25) is 0 Å². The lowest BCUT2D eigenvalue weighted by atomic mass is 10.2. The molecule has 2 nitrogen and oxygen atoms in total. The first-order valence-electron chi connectivity index (χ1n) is 4.95. The van der Waals surface area contributed by atoms with E-state index < -0.39 is 0 Å². The minimum atomic E-state index is 0.741. The Morgan fingerprint density at radius 3 is 2.40 bits per heavy atom. The minimum Gasteiger partial charge on any atom is -0.238 e. The molecule has 0 atom stereocenters. The summed E-state index contributed by atoms with van der Waals surface area (Å²) in [5.74, 6) is 0.741. The average Bonchev–Trinajstić information content (AvgIpc) is 2.55. The van der Waals surface area contributed by atoms with Gasteiger partial charge in [0.05, 0.1) is 11.4 Å². The molecule has 0 spiro atoms. The van der Waals surface area contributed by atoms with Gasteiger partial charge in [-0.2, -0.15) is 17.7 Å². The Kier molecular flexibility index (Phi) is 2.82. The van der Waals surface area contributed by atoms with E-state index in [1.807, 2.05) is 29.8 Å². The summed E-state index contributed by atoms with van der Waals surface area (Å²) in [5, 5.41) is 4.52. The van der Waals surface area contributed by atoms with Crippen LogP contribution in [0.15, 0.2) is 30.3 Å². The van der Waals surface area contributed by atoms with Crippen molar-refractivity contribution in [2.24, 2.45) is 0 Å². The van der Waals surface area contributed by atoms with Gasteiger partial charge in [-0.05, 0) is 26.0 Å². The van der Waals surface area contributed by atoms with Gasteiger partial charge < -0.3 is 0 Å². The Morgan fingerprint density at radius 2 is 1.87 bits per heavy atom. The molecule has 15 heavy (non-hydrogen) atoms. The van der Waals surface area contributed by atoms with Crippen molar-refractivity contribution in [2.75, 3.05) is 0 Å². The number of rotatable bonds is 2. The highest BCUT2D eigenvalue weighted by atomic mass is 32.1. The molecule has 3 heteroatoms. The van der Waals surface area contributed by atoms with Gasteiger partial charge in [0.1, 0.15) is 0 Å². The zero-order chi connectivity index (χ0) is 10.8. The molecule has 1 heterocycles. The molecule has 2 rings (SSSR count). The van der Waals surface area contributed by atoms with Crippen molar-refractivity contribution in [3.05, 3.63) is 47.3 Å². The van der Waals surface area contributed by atoms with Crippen LogP contribution >= 0.6 is 12.6 Å². The molecule has 0 fully saturated rings. The van der Waals surface area contributed by atoms with E-state index in [1.54, 1.807) is 0 Å². The standard InChI is InChI=1S/C12H14N2S/c1-9-12(8-15)10(2)14(13-9)11-6-4-3-5-7-11/h3-7,15H,8H2,1-2H3. The van der Waals surface area contributed by atoms with Gasteiger partial charge in [-0.1, -0.05) is 18.2 Å². The molecule has 0 aliphatic rings. The topological polar surface area (TPSA) is 17.8 Å². The molecule has 0 bridgehead atoms. The molecule has 0 radical (unpaired) electrons. The monoisotopic (exact) mass is 218 g/mol. The molecular formula is C12H14N2S. The van der Waals surface area contributed by atoms with Crippen LogP contribution < -0.4 is 0 Å². The SMILES string of the molecule is Cc1nn(-c2ccccc2)c(C)c1CS. The fourth-order valence-corrected chi connectivity index (χ4v) is 2.18. The van der Waals surface area contributed by atoms with Gasteiger partial charge >= 0.3 is 0 Å². The molecule has 0 amide bonds. The summed E-state index contributed by atoms with van der Waals surface area (Å²) in [6.45, 7) is 4.11. The number of hydrogen-bond donors (Lipinski definition) is 1. The lowest BCUT2D eigenvalue weighted by Gasteiger charge is -2.03. The first kappa shape index (κ1) is 10.3. The Balaban J connectivity index is 2.55. The van der Waals surface area contributed by atoms with E-state index in [0.717, 1.165) is 17.1 Å². The van der Waals surface area contributed by atoms with Crippen LogP contribution in [0.25, 0.3) is 5.69 Å². The van der Waals surface area contributed by atoms with Crippen LogP contribution in [0.1, 0.15) is 17.0 Å². The maximum absolute atomic E-state index is 4.52. The maximum Gasteiger partial charge on any atom is 0.0648 e. The third kappa shape index (κ3) is 1.79. The summed E-state index contributed by atoms with van der Waals surface area (Å²) in [6.07, 6.45) is 0. The van der Waals surface area contributed by atoms with Crippen LogP contribution in [-0.2, 0) is 5.75 Å². The second-order valence-electron chi connectivity index (χ2n) is 3.55. The third-order valence-electron chi connectivity index (χ3n) is 2.60. The zero-order valence-electron chi connectivity index (χ0n) is 8.94. The largest absolute Gasteiger partial charge is 0.238 e. The van der Waals surface area contributed by atoms with E-state index >= 15 is 0 Å². The molecule has 0 aliphatic heterocycles.